The number of aromatic nitrogens is 3. The standard InChI is InChI=1S/C19H18F6N6O2/c1-2-10-7-26-3-4-31(10)12-6-9(18(20,21)22)5-11(29-12)14-13-15(19(23,24)25)33-17(32)30-16(13)28-8-27-14/h5-6,8,10,15,26H,2-4,7H2,1H3,(H,27,28,30,32)/t10-,15-/m1/s1. The van der Waals surface area contributed by atoms with Crippen LogP contribution in [0.25, 0.3) is 11.4 Å². The Bertz CT molecular complexity index is 1060. The fourth-order valence-corrected chi connectivity index (χ4v) is 3.85. The van der Waals surface area contributed by atoms with E-state index < -0.39 is 52.9 Å². The molecule has 1 amide bonds. The predicted octanol–water partition coefficient (Wildman–Crippen LogP) is 3.91. The molecule has 0 saturated carbocycles. The largest absolute Gasteiger partial charge is 0.431 e. The molecule has 0 aliphatic carbocycles. The highest BCUT2D eigenvalue weighted by atomic mass is 19.4. The molecule has 2 N–H and O–H groups in total. The van der Waals surface area contributed by atoms with Crippen LogP contribution in [-0.4, -0.2) is 52.9 Å². The van der Waals surface area contributed by atoms with E-state index in [0.717, 1.165) is 12.4 Å². The van der Waals surface area contributed by atoms with Gasteiger partial charge in [0.2, 0.25) is 6.10 Å². The quantitative estimate of drug-likeness (QED) is 0.649. The number of nitrogens with one attached hydrogen (secondary N) is 2. The second kappa shape index (κ2) is 8.32. The van der Waals surface area contributed by atoms with Crippen molar-refractivity contribution in [2.75, 3.05) is 29.9 Å². The van der Waals surface area contributed by atoms with Gasteiger partial charge in [-0.1, -0.05) is 6.92 Å². The number of piperazine rings is 1. The minimum atomic E-state index is -5.05. The number of halogens is 6. The molecule has 2 aromatic rings. The second-order valence-electron chi connectivity index (χ2n) is 7.49. The fourth-order valence-electron chi connectivity index (χ4n) is 3.85. The molecule has 2 atom stereocenters. The Labute approximate surface area is 183 Å². The molecule has 33 heavy (non-hydrogen) atoms. The van der Waals surface area contributed by atoms with Gasteiger partial charge in [-0.3, -0.25) is 5.32 Å². The molecule has 0 bridgehead atoms. The van der Waals surface area contributed by atoms with E-state index in [0.29, 0.717) is 32.1 Å². The van der Waals surface area contributed by atoms with Crippen LogP contribution in [0.4, 0.5) is 42.8 Å². The summed E-state index contributed by atoms with van der Waals surface area (Å²) in [4.78, 5) is 24.9. The average molecular weight is 476 g/mol. The zero-order valence-corrected chi connectivity index (χ0v) is 17.1. The number of carbonyl (C=O) groups excluding carboxylic acids is 1. The Morgan fingerprint density at radius 3 is 2.61 bits per heavy atom. The first-order valence-corrected chi connectivity index (χ1v) is 9.95. The summed E-state index contributed by atoms with van der Waals surface area (Å²) in [5, 5.41) is 5.18. The number of nitrogens with zero attached hydrogens (tertiary/aromatic N) is 4. The molecular formula is C19H18F6N6O2. The molecule has 1 saturated heterocycles. The van der Waals surface area contributed by atoms with Crippen LogP contribution in [0.5, 0.6) is 0 Å². The van der Waals surface area contributed by atoms with Gasteiger partial charge in [0.05, 0.1) is 16.8 Å². The van der Waals surface area contributed by atoms with Gasteiger partial charge in [-0.15, -0.1) is 0 Å². The minimum Gasteiger partial charge on any atom is -0.431 e. The Morgan fingerprint density at radius 2 is 1.94 bits per heavy atom. The van der Waals surface area contributed by atoms with Crippen LogP contribution in [0.2, 0.25) is 0 Å². The predicted molar refractivity (Wildman–Crippen MR) is 103 cm³/mol. The van der Waals surface area contributed by atoms with E-state index in [4.69, 9.17) is 0 Å². The first-order chi connectivity index (χ1) is 15.5. The number of ether oxygens (including phenoxy) is 1. The number of hydrogen-bond donors (Lipinski definition) is 2. The number of cyclic esters (lactones) is 1. The molecule has 1 fully saturated rings. The number of carbonyl (C=O) groups is 1. The smallest absolute Gasteiger partial charge is 0.430 e. The van der Waals surface area contributed by atoms with Crippen LogP contribution < -0.4 is 15.5 Å². The molecular weight excluding hydrogens is 458 g/mol. The molecule has 0 spiro atoms. The van der Waals surface area contributed by atoms with Crippen molar-refractivity contribution in [2.45, 2.75) is 37.8 Å². The maximum Gasteiger partial charge on any atom is 0.430 e. The molecule has 2 aromatic heterocycles. The monoisotopic (exact) mass is 476 g/mol. The number of pyridine rings is 1. The third kappa shape index (κ3) is 4.51. The maximum absolute atomic E-state index is 13.7. The maximum atomic E-state index is 13.7. The zero-order chi connectivity index (χ0) is 24.0. The van der Waals surface area contributed by atoms with Gasteiger partial charge in [-0.25, -0.2) is 19.7 Å². The number of anilines is 2. The Kier molecular flexibility index (Phi) is 5.80. The van der Waals surface area contributed by atoms with Crippen molar-refractivity contribution in [3.8, 4) is 11.4 Å². The van der Waals surface area contributed by atoms with Gasteiger partial charge in [0, 0.05) is 25.7 Å². The molecule has 0 unspecified atom stereocenters. The molecule has 0 radical (unpaired) electrons. The highest BCUT2D eigenvalue weighted by molar-refractivity contribution is 5.88. The molecule has 8 nitrogen and oxygen atoms in total. The summed E-state index contributed by atoms with van der Waals surface area (Å²) in [5.41, 5.74) is -2.76. The molecule has 2 aliphatic rings. The van der Waals surface area contributed by atoms with Gasteiger partial charge < -0.3 is 15.0 Å². The van der Waals surface area contributed by atoms with E-state index in [1.807, 2.05) is 12.2 Å². The van der Waals surface area contributed by atoms with Crippen LogP contribution >= 0.6 is 0 Å². The molecule has 178 valence electrons. The summed E-state index contributed by atoms with van der Waals surface area (Å²) < 4.78 is 86.5. The van der Waals surface area contributed by atoms with Crippen LogP contribution in [0, 0.1) is 0 Å². The van der Waals surface area contributed by atoms with Crippen molar-refractivity contribution in [3.63, 3.8) is 0 Å². The van der Waals surface area contributed by atoms with Crippen LogP contribution in [-0.2, 0) is 10.9 Å². The van der Waals surface area contributed by atoms with E-state index in [-0.39, 0.29) is 11.9 Å². The summed E-state index contributed by atoms with van der Waals surface area (Å²) >= 11 is 0. The third-order valence-corrected chi connectivity index (χ3v) is 5.39. The Balaban J connectivity index is 1.91. The van der Waals surface area contributed by atoms with Crippen LogP contribution in [0.3, 0.4) is 0 Å². The number of rotatable bonds is 3. The third-order valence-electron chi connectivity index (χ3n) is 5.39. The van der Waals surface area contributed by atoms with Crippen molar-refractivity contribution >= 4 is 17.7 Å². The summed E-state index contributed by atoms with van der Waals surface area (Å²) in [6, 6.07) is 1.33. The molecule has 0 aromatic carbocycles. The second-order valence-corrected chi connectivity index (χ2v) is 7.49. The lowest BCUT2D eigenvalue weighted by Gasteiger charge is -2.37. The van der Waals surface area contributed by atoms with E-state index >= 15 is 0 Å². The first kappa shape index (κ1) is 23.0. The highest BCUT2D eigenvalue weighted by Gasteiger charge is 2.50. The SMILES string of the molecule is CC[C@@H]1CNCCN1c1cc(C(F)(F)F)cc(-c2ncnc3c2[C@H](C(F)(F)F)OC(=O)N3)n1. The van der Waals surface area contributed by atoms with E-state index in [9.17, 15) is 31.1 Å². The summed E-state index contributed by atoms with van der Waals surface area (Å²) in [7, 11) is 0. The van der Waals surface area contributed by atoms with Gasteiger partial charge in [0.1, 0.15) is 23.7 Å². The molecule has 4 heterocycles. The molecule has 2 aliphatic heterocycles. The van der Waals surface area contributed by atoms with Crippen molar-refractivity contribution in [3.05, 3.63) is 29.6 Å². The van der Waals surface area contributed by atoms with Crippen molar-refractivity contribution < 1.29 is 35.9 Å². The Hall–Kier alpha value is -3.16. The topological polar surface area (TPSA) is 92.3 Å². The number of fused-ring (bicyclic) bond motifs is 1. The number of alkyl halides is 6. The Morgan fingerprint density at radius 1 is 1.18 bits per heavy atom. The van der Waals surface area contributed by atoms with E-state index in [1.54, 1.807) is 4.90 Å². The van der Waals surface area contributed by atoms with Gasteiger partial charge >= 0.3 is 18.4 Å². The van der Waals surface area contributed by atoms with Gasteiger partial charge in [-0.05, 0) is 18.6 Å². The van der Waals surface area contributed by atoms with Crippen molar-refractivity contribution in [1.29, 1.82) is 0 Å². The lowest BCUT2D eigenvalue weighted by atomic mass is 10.0. The molecule has 4 rings (SSSR count). The lowest BCUT2D eigenvalue weighted by molar-refractivity contribution is -0.206. The highest BCUT2D eigenvalue weighted by Crippen LogP contribution is 2.45. The van der Waals surface area contributed by atoms with Crippen molar-refractivity contribution in [1.82, 2.24) is 20.3 Å². The average Bonchev–Trinajstić information content (AvgIpc) is 2.76. The summed E-state index contributed by atoms with van der Waals surface area (Å²) in [6.45, 7) is 3.25. The normalized spacial score (nSPS) is 21.3. The van der Waals surface area contributed by atoms with Gasteiger partial charge in [0.25, 0.3) is 0 Å². The van der Waals surface area contributed by atoms with E-state index in [2.05, 4.69) is 25.0 Å². The fraction of sp³-hybridized carbons (Fsp3) is 0.474. The first-order valence-electron chi connectivity index (χ1n) is 9.95. The summed E-state index contributed by atoms with van der Waals surface area (Å²) in [6.07, 6.45) is -12.5. The minimum absolute atomic E-state index is 0.0372. The van der Waals surface area contributed by atoms with E-state index in [1.165, 1.54) is 0 Å². The summed E-state index contributed by atoms with van der Waals surface area (Å²) in [5.74, 6) is -0.544. The number of hydrogen-bond acceptors (Lipinski definition) is 7. The van der Waals surface area contributed by atoms with Crippen molar-refractivity contribution in [2.24, 2.45) is 0 Å². The lowest BCUT2D eigenvalue weighted by Crippen LogP contribution is -2.51. The van der Waals surface area contributed by atoms with Crippen LogP contribution in [0.15, 0.2) is 18.5 Å². The van der Waals surface area contributed by atoms with Gasteiger partial charge in [0.15, 0.2) is 0 Å². The number of amides is 1. The van der Waals surface area contributed by atoms with Crippen LogP contribution in [0.1, 0.15) is 30.6 Å². The zero-order valence-electron chi connectivity index (χ0n) is 17.1. The molecule has 14 heteroatoms. The van der Waals surface area contributed by atoms with Gasteiger partial charge in [-0.2, -0.15) is 26.3 Å².